The summed E-state index contributed by atoms with van der Waals surface area (Å²) in [6, 6.07) is 0. The molecule has 0 spiro atoms. The number of rotatable bonds is 4. The first-order valence-electron chi connectivity index (χ1n) is 3.92. The molecule has 12 heavy (non-hydrogen) atoms. The predicted octanol–water partition coefficient (Wildman–Crippen LogP) is 0.271. The van der Waals surface area contributed by atoms with Crippen LogP contribution in [0.25, 0.3) is 0 Å². The Morgan fingerprint density at radius 2 is 2.33 bits per heavy atom. The summed E-state index contributed by atoms with van der Waals surface area (Å²) in [5, 5.41) is 12.5. The highest BCUT2D eigenvalue weighted by molar-refractivity contribution is 5.12. The number of nitrogens with zero attached hydrogens (tertiary/aromatic N) is 2. The van der Waals surface area contributed by atoms with E-state index in [9.17, 15) is 0 Å². The van der Waals surface area contributed by atoms with Gasteiger partial charge in [0.2, 0.25) is 0 Å². The van der Waals surface area contributed by atoms with Gasteiger partial charge >= 0.3 is 0 Å². The Labute approximate surface area is 71.8 Å². The number of aliphatic hydroxyl groups excluding tert-OH is 1. The van der Waals surface area contributed by atoms with Crippen LogP contribution in [0.4, 0.5) is 0 Å². The molecule has 1 aromatic heterocycles. The quantitative estimate of drug-likeness (QED) is 0.704. The van der Waals surface area contributed by atoms with Crippen LogP contribution in [0, 0.1) is 0 Å². The first kappa shape index (κ1) is 9.22. The Morgan fingerprint density at radius 3 is 2.92 bits per heavy atom. The monoisotopic (exact) mass is 170 g/mol. The van der Waals surface area contributed by atoms with E-state index in [1.165, 1.54) is 0 Å². The minimum Gasteiger partial charge on any atom is -0.391 e. The fourth-order valence-electron chi connectivity index (χ4n) is 0.945. The average Bonchev–Trinajstić information content (AvgIpc) is 2.47. The van der Waals surface area contributed by atoms with Crippen molar-refractivity contribution in [2.24, 2.45) is 0 Å². The molecule has 1 rings (SSSR count). The maximum atomic E-state index is 8.86. The third kappa shape index (κ3) is 2.32. The molecule has 1 N–H and O–H groups in total. The van der Waals surface area contributed by atoms with Crippen LogP contribution in [0.2, 0.25) is 0 Å². The van der Waals surface area contributed by atoms with Gasteiger partial charge in [0.15, 0.2) is 0 Å². The summed E-state index contributed by atoms with van der Waals surface area (Å²) in [6.07, 6.45) is 2.36. The van der Waals surface area contributed by atoms with Gasteiger partial charge in [-0.2, -0.15) is 0 Å². The second kappa shape index (κ2) is 4.23. The molecule has 0 aliphatic rings. The highest BCUT2D eigenvalue weighted by Crippen LogP contribution is 2.08. The molecule has 0 unspecified atom stereocenters. The lowest BCUT2D eigenvalue weighted by molar-refractivity contribution is 0.275. The van der Waals surface area contributed by atoms with Crippen LogP contribution in [0.3, 0.4) is 0 Å². The zero-order valence-electron chi connectivity index (χ0n) is 7.45. The van der Waals surface area contributed by atoms with Crippen LogP contribution < -0.4 is 0 Å². The average molecular weight is 170 g/mol. The number of hydrogen-bond acceptors (Lipinski definition) is 4. The van der Waals surface area contributed by atoms with E-state index in [-0.39, 0.29) is 6.61 Å². The first-order chi connectivity index (χ1) is 5.74. The van der Waals surface area contributed by atoms with E-state index in [2.05, 4.69) is 10.1 Å². The largest absolute Gasteiger partial charge is 0.391 e. The topological polar surface area (TPSA) is 49.5 Å². The summed E-state index contributed by atoms with van der Waals surface area (Å²) in [7, 11) is 3.99. The standard InChI is InChI=1S/C8H14N2O2/c1-10(2)4-3-8-7(6-11)5-9-12-8/h5,11H,3-4,6H2,1-2H3. The Morgan fingerprint density at radius 1 is 1.58 bits per heavy atom. The van der Waals surface area contributed by atoms with E-state index in [4.69, 9.17) is 9.63 Å². The van der Waals surface area contributed by atoms with Crippen molar-refractivity contribution in [1.29, 1.82) is 0 Å². The highest BCUT2D eigenvalue weighted by Gasteiger charge is 2.06. The van der Waals surface area contributed by atoms with E-state index >= 15 is 0 Å². The molecule has 4 nitrogen and oxygen atoms in total. The van der Waals surface area contributed by atoms with Gasteiger partial charge in [0, 0.05) is 18.5 Å². The van der Waals surface area contributed by atoms with Gasteiger partial charge in [-0.25, -0.2) is 0 Å². The van der Waals surface area contributed by atoms with Crippen molar-refractivity contribution in [3.05, 3.63) is 17.5 Å². The molecule has 1 heterocycles. The van der Waals surface area contributed by atoms with E-state index in [1.807, 2.05) is 14.1 Å². The van der Waals surface area contributed by atoms with E-state index in [0.717, 1.165) is 24.3 Å². The Bertz CT molecular complexity index is 233. The van der Waals surface area contributed by atoms with Crippen molar-refractivity contribution in [1.82, 2.24) is 10.1 Å². The molecule has 1 aromatic rings. The second-order valence-corrected chi connectivity index (χ2v) is 2.99. The number of hydrogen-bond donors (Lipinski definition) is 1. The Hall–Kier alpha value is -0.870. The summed E-state index contributed by atoms with van der Waals surface area (Å²) in [4.78, 5) is 2.06. The summed E-state index contributed by atoms with van der Waals surface area (Å²) >= 11 is 0. The SMILES string of the molecule is CN(C)CCc1oncc1CO. The maximum absolute atomic E-state index is 8.86. The lowest BCUT2D eigenvalue weighted by Gasteiger charge is -2.06. The molecule has 0 bridgehead atoms. The Balaban J connectivity index is 2.50. The molecule has 0 radical (unpaired) electrons. The van der Waals surface area contributed by atoms with Crippen LogP contribution in [0.15, 0.2) is 10.7 Å². The van der Waals surface area contributed by atoms with Gasteiger partial charge in [-0.15, -0.1) is 0 Å². The lowest BCUT2D eigenvalue weighted by Crippen LogP contribution is -2.15. The van der Waals surface area contributed by atoms with Gasteiger partial charge < -0.3 is 14.5 Å². The predicted molar refractivity (Wildman–Crippen MR) is 44.7 cm³/mol. The zero-order valence-corrected chi connectivity index (χ0v) is 7.45. The summed E-state index contributed by atoms with van der Waals surface area (Å²) < 4.78 is 4.97. The van der Waals surface area contributed by atoms with Gasteiger partial charge in [-0.05, 0) is 14.1 Å². The van der Waals surface area contributed by atoms with Crippen LogP contribution >= 0.6 is 0 Å². The second-order valence-electron chi connectivity index (χ2n) is 2.99. The summed E-state index contributed by atoms with van der Waals surface area (Å²) in [5.74, 6) is 0.784. The molecule has 0 amide bonds. The first-order valence-corrected chi connectivity index (χ1v) is 3.92. The van der Waals surface area contributed by atoms with Gasteiger partial charge in [0.1, 0.15) is 5.76 Å². The lowest BCUT2D eigenvalue weighted by atomic mass is 10.2. The number of aliphatic hydroxyl groups is 1. The van der Waals surface area contributed by atoms with Crippen LogP contribution in [-0.4, -0.2) is 35.8 Å². The third-order valence-corrected chi connectivity index (χ3v) is 1.69. The van der Waals surface area contributed by atoms with Crippen molar-refractivity contribution in [3.8, 4) is 0 Å². The molecule has 0 saturated heterocycles. The van der Waals surface area contributed by atoms with Gasteiger partial charge in [-0.3, -0.25) is 0 Å². The highest BCUT2D eigenvalue weighted by atomic mass is 16.5. The Kier molecular flexibility index (Phi) is 3.25. The van der Waals surface area contributed by atoms with Crippen LogP contribution in [0.5, 0.6) is 0 Å². The molecule has 68 valence electrons. The van der Waals surface area contributed by atoms with Crippen molar-refractivity contribution < 1.29 is 9.63 Å². The molecule has 0 saturated carbocycles. The summed E-state index contributed by atoms with van der Waals surface area (Å²) in [6.45, 7) is 0.911. The molecule has 0 atom stereocenters. The van der Waals surface area contributed by atoms with E-state index < -0.39 is 0 Å². The van der Waals surface area contributed by atoms with Crippen molar-refractivity contribution >= 4 is 0 Å². The number of aromatic nitrogens is 1. The van der Waals surface area contributed by atoms with Crippen LogP contribution in [0.1, 0.15) is 11.3 Å². The van der Waals surface area contributed by atoms with Crippen molar-refractivity contribution in [3.63, 3.8) is 0 Å². The smallest absolute Gasteiger partial charge is 0.143 e. The minimum absolute atomic E-state index is 0.00621. The molecule has 0 aliphatic carbocycles. The molecule has 0 fully saturated rings. The van der Waals surface area contributed by atoms with Gasteiger partial charge in [0.25, 0.3) is 0 Å². The molecule has 4 heteroatoms. The minimum atomic E-state index is 0.00621. The van der Waals surface area contributed by atoms with Crippen LogP contribution in [-0.2, 0) is 13.0 Å². The molecular formula is C8H14N2O2. The van der Waals surface area contributed by atoms with Crippen molar-refractivity contribution in [2.45, 2.75) is 13.0 Å². The zero-order chi connectivity index (χ0) is 8.97. The number of likely N-dealkylation sites (N-methyl/N-ethyl adjacent to an activating group) is 1. The summed E-state index contributed by atoms with van der Waals surface area (Å²) in [5.41, 5.74) is 0.789. The fraction of sp³-hybridized carbons (Fsp3) is 0.625. The molecule has 0 aliphatic heterocycles. The third-order valence-electron chi connectivity index (χ3n) is 1.69. The fourth-order valence-corrected chi connectivity index (χ4v) is 0.945. The van der Waals surface area contributed by atoms with E-state index in [1.54, 1.807) is 6.20 Å². The molecule has 0 aromatic carbocycles. The normalized spacial score (nSPS) is 11.0. The molecular weight excluding hydrogens is 156 g/mol. The van der Waals surface area contributed by atoms with E-state index in [0.29, 0.717) is 0 Å². The maximum Gasteiger partial charge on any atom is 0.143 e. The van der Waals surface area contributed by atoms with Crippen molar-refractivity contribution in [2.75, 3.05) is 20.6 Å². The van der Waals surface area contributed by atoms with Gasteiger partial charge in [0.05, 0.1) is 12.8 Å². The van der Waals surface area contributed by atoms with Gasteiger partial charge in [-0.1, -0.05) is 5.16 Å².